The molecule has 40 valence electrons. The topological polar surface area (TPSA) is 0 Å². The second-order valence-electron chi connectivity index (χ2n) is 0. The second-order valence-corrected chi connectivity index (χ2v) is 0. The van der Waals surface area contributed by atoms with Crippen LogP contribution in [0.5, 0.6) is 0 Å². The van der Waals surface area contributed by atoms with Crippen LogP contribution in [0.2, 0.25) is 0 Å². The van der Waals surface area contributed by atoms with E-state index in [1.54, 1.807) is 0 Å². The van der Waals surface area contributed by atoms with Crippen molar-refractivity contribution in [3.8, 4) is 0 Å². The van der Waals surface area contributed by atoms with Crippen LogP contribution in [0.3, 0.4) is 0 Å². The van der Waals surface area contributed by atoms with E-state index >= 15 is 0 Å². The van der Waals surface area contributed by atoms with Gasteiger partial charge in [0.05, 0.1) is 0 Å². The van der Waals surface area contributed by atoms with Gasteiger partial charge in [-0.15, -0.1) is 0 Å². The normalized spacial score (nSPS) is 0. The summed E-state index contributed by atoms with van der Waals surface area (Å²) >= 11 is 0. The fourth-order valence-corrected chi connectivity index (χ4v) is 0. The maximum atomic E-state index is 0. The molecule has 0 aliphatic rings. The summed E-state index contributed by atoms with van der Waals surface area (Å²) in [6.45, 7) is 0. The van der Waals surface area contributed by atoms with Crippen LogP contribution in [0.25, 0.3) is 0 Å². The molecule has 0 saturated carbocycles. The molecule has 0 heterocycles. The van der Waals surface area contributed by atoms with Crippen molar-refractivity contribution in [3.63, 3.8) is 0 Å². The van der Waals surface area contributed by atoms with E-state index in [9.17, 15) is 0 Å². The van der Waals surface area contributed by atoms with Gasteiger partial charge in [0, 0.05) is 0 Å². The van der Waals surface area contributed by atoms with Crippen molar-refractivity contribution in [2.45, 2.75) is 0 Å². The van der Waals surface area contributed by atoms with Gasteiger partial charge in [-0.2, -0.15) is 0 Å². The Hall–Kier alpha value is 0.364. The number of halogens is 5. The fraction of sp³-hybridized carbons (Fsp3) is 0. The zero-order valence-corrected chi connectivity index (χ0v) is 3.95. The fourth-order valence-electron chi connectivity index (χ4n) is 0. The zero-order chi connectivity index (χ0) is 0. The third kappa shape index (κ3) is 372. The van der Waals surface area contributed by atoms with Gasteiger partial charge in [-0.05, 0) is 0 Å². The van der Waals surface area contributed by atoms with Gasteiger partial charge < -0.3 is 23.5 Å². The van der Waals surface area contributed by atoms with E-state index in [0.717, 1.165) is 0 Å². The maximum absolute atomic E-state index is 0. The van der Waals surface area contributed by atoms with Crippen molar-refractivity contribution in [1.82, 2.24) is 0 Å². The summed E-state index contributed by atoms with van der Waals surface area (Å²) in [4.78, 5) is 0. The molecule has 0 aromatic heterocycles. The average molecular weight is 144 g/mol. The van der Waals surface area contributed by atoms with Crippen molar-refractivity contribution in [1.29, 1.82) is 0 Å². The van der Waals surface area contributed by atoms with Crippen LogP contribution in [-0.4, -0.2) is 0 Å². The summed E-state index contributed by atoms with van der Waals surface area (Å²) in [6, 6.07) is 0. The van der Waals surface area contributed by atoms with E-state index in [2.05, 4.69) is 0 Å². The molecule has 0 bridgehead atoms. The summed E-state index contributed by atoms with van der Waals surface area (Å²) in [6.07, 6.45) is 0. The number of rotatable bonds is 0. The molecule has 0 spiro atoms. The molecule has 0 radical (unpaired) electrons. The molecule has 0 aliphatic carbocycles. The van der Waals surface area contributed by atoms with Crippen molar-refractivity contribution in [2.24, 2.45) is 0 Å². The first-order valence-corrected chi connectivity index (χ1v) is 0. The first-order chi connectivity index (χ1) is 0. The van der Waals surface area contributed by atoms with Crippen LogP contribution < -0.4 is 23.5 Å². The minimum atomic E-state index is 0. The second kappa shape index (κ2) is 770. The van der Waals surface area contributed by atoms with Crippen LogP contribution in [0.4, 0.5) is 0 Å². The Kier molecular flexibility index (Phi) is 177000. The molecule has 0 atom stereocenters. The van der Waals surface area contributed by atoms with Gasteiger partial charge in [-0.1, -0.05) is 0 Å². The Morgan fingerprint density at radius 1 is 0.500 bits per heavy atom. The van der Waals surface area contributed by atoms with Crippen LogP contribution in [0, 0.1) is 0 Å². The summed E-state index contributed by atoms with van der Waals surface area (Å²) in [5.41, 5.74) is 0. The van der Waals surface area contributed by atoms with E-state index in [-0.39, 0.29) is 46.7 Å². The van der Waals surface area contributed by atoms with Crippen LogP contribution >= 0.6 is 0 Å². The molecule has 0 fully saturated rings. The van der Waals surface area contributed by atoms with Gasteiger partial charge in [-0.3, -0.25) is 0 Å². The zero-order valence-electron chi connectivity index (χ0n) is 3.39. The smallest absolute Gasteiger partial charge is 1.00 e. The first kappa shape index (κ1) is 1380. The van der Waals surface area contributed by atoms with Gasteiger partial charge in [0.2, 0.25) is 0 Å². The van der Waals surface area contributed by atoms with E-state index in [0.29, 0.717) is 0 Å². The van der Waals surface area contributed by atoms with Gasteiger partial charge in [0.1, 0.15) is 0 Å². The van der Waals surface area contributed by atoms with Crippen molar-refractivity contribution >= 4 is 0 Å². The van der Waals surface area contributed by atoms with Gasteiger partial charge >= 0.3 is 23.1 Å². The Morgan fingerprint density at radius 3 is 0.500 bits per heavy atom. The van der Waals surface area contributed by atoms with Gasteiger partial charge in [0.15, 0.2) is 0 Å². The Bertz CT molecular complexity index is 8.04. The Labute approximate surface area is 47.5 Å². The van der Waals surface area contributed by atoms with Crippen LogP contribution in [-0.2, 0) is 21.7 Å². The molecule has 0 aliphatic heterocycles. The minimum absolute atomic E-state index is 0. The van der Waals surface area contributed by atoms with Crippen molar-refractivity contribution < 1.29 is 46.7 Å². The molecule has 0 N–H and O–H groups in total. The van der Waals surface area contributed by atoms with Crippen LogP contribution in [0.15, 0.2) is 0 Å². The Balaban J connectivity index is 0. The van der Waals surface area contributed by atoms with Crippen molar-refractivity contribution in [2.75, 3.05) is 0 Å². The summed E-state index contributed by atoms with van der Waals surface area (Å²) < 4.78 is 0. The van der Waals surface area contributed by atoms with E-state index < -0.39 is 0 Å². The predicted molar refractivity (Wildman–Crippen MR) is 1.11 cm³/mol. The first-order valence-electron chi connectivity index (χ1n) is 0. The van der Waals surface area contributed by atoms with E-state index in [1.165, 1.54) is 0 Å². The third-order valence-corrected chi connectivity index (χ3v) is 0. The third-order valence-electron chi connectivity index (χ3n) is 0. The largest absolute Gasteiger partial charge is 4.00 e. The van der Waals surface area contributed by atoms with Gasteiger partial charge in [0.25, 0.3) is 0 Å². The minimum Gasteiger partial charge on any atom is -1.00 e. The van der Waals surface area contributed by atoms with Gasteiger partial charge in [-0.25, -0.2) is 0 Å². The molecule has 6 heavy (non-hydrogen) atoms. The standard InChI is InChI=1S/5FH.Ti/h5*1H;/q;;;;;+4/p-4. The monoisotopic (exact) mass is 144 g/mol. The predicted octanol–water partition coefficient (Wildman–Crippen LogP) is -14.9. The summed E-state index contributed by atoms with van der Waals surface area (Å²) in [7, 11) is 0. The molecule has 0 saturated heterocycles. The molecule has 0 nitrogen and oxygen atoms in total. The van der Waals surface area contributed by atoms with Crippen LogP contribution in [0.1, 0.15) is 1.43 Å². The quantitative estimate of drug-likeness (QED) is 0.234. The average Bonchev–Trinajstić information content (AvgIpc) is 0. The summed E-state index contributed by atoms with van der Waals surface area (Å²) in [5.74, 6) is 0. The maximum Gasteiger partial charge on any atom is 4.00 e. The molecule has 0 rings (SSSR count). The summed E-state index contributed by atoms with van der Waals surface area (Å²) in [5, 5.41) is 0. The molecule has 0 aromatic carbocycles. The SMILES string of the molecule is [F-].[F-].[F-].[F-].[F-].[H+].[Ti+4]. The van der Waals surface area contributed by atoms with E-state index in [1.807, 2.05) is 0 Å². The number of hydrogen-bond donors (Lipinski definition) is 0. The van der Waals surface area contributed by atoms with Crippen molar-refractivity contribution in [3.05, 3.63) is 0 Å². The number of hydrogen-bond acceptors (Lipinski definition) is 0. The molecule has 0 unspecified atom stereocenters. The van der Waals surface area contributed by atoms with E-state index in [4.69, 9.17) is 0 Å². The molecule has 6 heteroatoms. The molecule has 0 aromatic rings. The molecular weight excluding hydrogens is 143 g/mol. The molecule has 0 amide bonds. The Morgan fingerprint density at radius 2 is 0.500 bits per heavy atom. The molecular formula is HF5Ti.